The van der Waals surface area contributed by atoms with Gasteiger partial charge in [-0.05, 0) is 80.3 Å². The van der Waals surface area contributed by atoms with Gasteiger partial charge in [0.1, 0.15) is 0 Å². The second-order valence-electron chi connectivity index (χ2n) is 11.8. The largest absolute Gasteiger partial charge is 0.350 e. The quantitative estimate of drug-likeness (QED) is 0.305. The lowest BCUT2D eigenvalue weighted by molar-refractivity contribution is 0.430. The number of likely N-dealkylation sites (N-methyl/N-ethyl adjacent to an activating group) is 1. The van der Waals surface area contributed by atoms with Crippen molar-refractivity contribution in [2.24, 2.45) is 0 Å². The molecule has 0 amide bonds. The van der Waals surface area contributed by atoms with Crippen molar-refractivity contribution in [3.8, 4) is 0 Å². The maximum absolute atomic E-state index is 5.00. The second-order valence-corrected chi connectivity index (χ2v) is 11.8. The third-order valence-corrected chi connectivity index (χ3v) is 7.11. The van der Waals surface area contributed by atoms with Crippen molar-refractivity contribution >= 4 is 17.2 Å². The van der Waals surface area contributed by atoms with Gasteiger partial charge >= 0.3 is 0 Å². The van der Waals surface area contributed by atoms with E-state index in [1.807, 2.05) is 26.1 Å². The highest BCUT2D eigenvalue weighted by molar-refractivity contribution is 5.88. The topological polar surface area (TPSA) is 44.3 Å². The van der Waals surface area contributed by atoms with Crippen LogP contribution in [-0.4, -0.2) is 46.4 Å². The first-order valence-electron chi connectivity index (χ1n) is 14.8. The fourth-order valence-corrected chi connectivity index (χ4v) is 4.84. The lowest BCUT2D eigenvalue weighted by atomic mass is 9.87. The maximum atomic E-state index is 5.00. The Kier molecular flexibility index (Phi) is 11.1. The SMILES string of the molecule is C/C(=C(/c1ccnc(NCc2ccc(C(C)(C)C)cc2)n1)N1C=CC(CN(C)C)=CC1C)c1ccc(C)cc1.CC. The van der Waals surface area contributed by atoms with Crippen LogP contribution in [0, 0.1) is 6.92 Å². The van der Waals surface area contributed by atoms with Crippen molar-refractivity contribution in [1.82, 2.24) is 19.8 Å². The lowest BCUT2D eigenvalue weighted by Gasteiger charge is -2.33. The number of aryl methyl sites for hydroxylation is 1. The van der Waals surface area contributed by atoms with Crippen LogP contribution in [0.15, 0.2) is 84.7 Å². The molecule has 5 heteroatoms. The van der Waals surface area contributed by atoms with Crippen molar-refractivity contribution in [2.45, 2.75) is 73.4 Å². The van der Waals surface area contributed by atoms with E-state index in [2.05, 4.69) is 143 Å². The summed E-state index contributed by atoms with van der Waals surface area (Å²) in [4.78, 5) is 14.1. The van der Waals surface area contributed by atoms with Crippen LogP contribution in [0.5, 0.6) is 0 Å². The Labute approximate surface area is 248 Å². The molecule has 0 saturated heterocycles. The molecule has 4 rings (SSSR count). The predicted molar refractivity (Wildman–Crippen MR) is 177 cm³/mol. The van der Waals surface area contributed by atoms with Crippen molar-refractivity contribution < 1.29 is 0 Å². The van der Waals surface area contributed by atoms with Gasteiger partial charge < -0.3 is 15.1 Å². The summed E-state index contributed by atoms with van der Waals surface area (Å²) in [5.74, 6) is 0.624. The number of hydrogen-bond acceptors (Lipinski definition) is 5. The number of allylic oxidation sites excluding steroid dienone is 1. The summed E-state index contributed by atoms with van der Waals surface area (Å²) >= 11 is 0. The molecule has 1 aliphatic heterocycles. The zero-order valence-electron chi connectivity index (χ0n) is 26.8. The van der Waals surface area contributed by atoms with Gasteiger partial charge in [0.05, 0.1) is 11.4 Å². The highest BCUT2D eigenvalue weighted by Gasteiger charge is 2.23. The predicted octanol–water partition coefficient (Wildman–Crippen LogP) is 8.31. The van der Waals surface area contributed by atoms with Gasteiger partial charge in [0, 0.05) is 31.5 Å². The number of hydrogen-bond donors (Lipinski definition) is 1. The number of nitrogens with zero attached hydrogens (tertiary/aromatic N) is 4. The Morgan fingerprint density at radius 1 is 0.976 bits per heavy atom. The molecule has 41 heavy (non-hydrogen) atoms. The number of aromatic nitrogens is 2. The first-order chi connectivity index (χ1) is 19.5. The number of benzene rings is 2. The normalized spacial score (nSPS) is 15.6. The van der Waals surface area contributed by atoms with Crippen molar-refractivity contribution in [1.29, 1.82) is 0 Å². The summed E-state index contributed by atoms with van der Waals surface area (Å²) in [6.45, 7) is 18.8. The molecule has 3 aromatic rings. The molecule has 1 aliphatic rings. The summed E-state index contributed by atoms with van der Waals surface area (Å²) < 4.78 is 0. The summed E-state index contributed by atoms with van der Waals surface area (Å²) in [5.41, 5.74) is 9.59. The van der Waals surface area contributed by atoms with Crippen molar-refractivity contribution in [3.63, 3.8) is 0 Å². The number of anilines is 1. The molecule has 1 unspecified atom stereocenters. The van der Waals surface area contributed by atoms with Crippen LogP contribution in [0.4, 0.5) is 5.95 Å². The summed E-state index contributed by atoms with van der Waals surface area (Å²) in [6.07, 6.45) is 8.60. The third kappa shape index (κ3) is 8.64. The molecule has 0 saturated carbocycles. The third-order valence-electron chi connectivity index (χ3n) is 7.11. The molecular weight excluding hydrogens is 502 g/mol. The first kappa shape index (κ1) is 31.8. The van der Waals surface area contributed by atoms with Gasteiger partial charge in [-0.15, -0.1) is 0 Å². The zero-order valence-corrected chi connectivity index (χ0v) is 26.8. The summed E-state index contributed by atoms with van der Waals surface area (Å²) in [6, 6.07) is 19.7. The van der Waals surface area contributed by atoms with E-state index in [4.69, 9.17) is 4.98 Å². The summed E-state index contributed by atoms with van der Waals surface area (Å²) in [7, 11) is 4.21. The van der Waals surface area contributed by atoms with Crippen LogP contribution in [0.1, 0.15) is 76.4 Å². The molecular formula is C36H49N5. The molecule has 1 N–H and O–H groups in total. The van der Waals surface area contributed by atoms with Gasteiger partial charge in [0.2, 0.25) is 5.95 Å². The molecule has 0 radical (unpaired) electrons. The van der Waals surface area contributed by atoms with Gasteiger partial charge in [0.15, 0.2) is 0 Å². The Morgan fingerprint density at radius 2 is 1.63 bits per heavy atom. The highest BCUT2D eigenvalue weighted by Crippen LogP contribution is 2.33. The zero-order chi connectivity index (χ0) is 30.2. The van der Waals surface area contributed by atoms with Gasteiger partial charge in [-0.3, -0.25) is 0 Å². The standard InChI is InChI=1S/C34H43N5.C2H6/c1-24-9-13-29(14-10-24)26(3)32(39-20-18-28(21-25(39)2)23-38(7)8)31-17-19-35-33(37-31)36-22-27-11-15-30(16-12-27)34(4,5)6;1-2/h9-21,25H,22-23H2,1-8H3,(H,35,36,37);1-2H3/b32-26+;. The van der Waals surface area contributed by atoms with Crippen LogP contribution in [0.2, 0.25) is 0 Å². The van der Waals surface area contributed by atoms with E-state index >= 15 is 0 Å². The second kappa shape index (κ2) is 14.3. The molecule has 2 heterocycles. The van der Waals surface area contributed by atoms with Crippen LogP contribution < -0.4 is 5.32 Å². The molecule has 0 bridgehead atoms. The van der Waals surface area contributed by atoms with E-state index in [0.29, 0.717) is 12.5 Å². The Bertz CT molecular complexity index is 1360. The van der Waals surface area contributed by atoms with Gasteiger partial charge in [-0.2, -0.15) is 0 Å². The van der Waals surface area contributed by atoms with E-state index in [9.17, 15) is 0 Å². The molecule has 1 aromatic heterocycles. The van der Waals surface area contributed by atoms with Gasteiger partial charge in [0.25, 0.3) is 0 Å². The highest BCUT2D eigenvalue weighted by atomic mass is 15.2. The fraction of sp³-hybridized carbons (Fsp3) is 0.389. The maximum Gasteiger partial charge on any atom is 0.223 e. The average Bonchev–Trinajstić information content (AvgIpc) is 2.94. The van der Waals surface area contributed by atoms with E-state index in [1.165, 1.54) is 33.4 Å². The van der Waals surface area contributed by atoms with Gasteiger partial charge in [-0.1, -0.05) is 94.8 Å². The minimum Gasteiger partial charge on any atom is -0.350 e. The van der Waals surface area contributed by atoms with E-state index in [-0.39, 0.29) is 11.5 Å². The van der Waals surface area contributed by atoms with E-state index in [1.54, 1.807) is 0 Å². The molecule has 2 aromatic carbocycles. The van der Waals surface area contributed by atoms with E-state index < -0.39 is 0 Å². The molecule has 0 spiro atoms. The molecule has 0 aliphatic carbocycles. The minimum atomic E-state index is 0.143. The molecule has 5 nitrogen and oxygen atoms in total. The smallest absolute Gasteiger partial charge is 0.223 e. The van der Waals surface area contributed by atoms with Crippen LogP contribution in [0.3, 0.4) is 0 Å². The van der Waals surface area contributed by atoms with Crippen LogP contribution in [-0.2, 0) is 12.0 Å². The molecule has 218 valence electrons. The monoisotopic (exact) mass is 551 g/mol. The Morgan fingerprint density at radius 3 is 2.22 bits per heavy atom. The summed E-state index contributed by atoms with van der Waals surface area (Å²) in [5, 5.41) is 3.44. The van der Waals surface area contributed by atoms with E-state index in [0.717, 1.165) is 17.9 Å². The Hall–Kier alpha value is -3.70. The Balaban J connectivity index is 0.00000226. The van der Waals surface area contributed by atoms with Crippen LogP contribution in [0.25, 0.3) is 11.3 Å². The number of nitrogens with one attached hydrogen (secondary N) is 1. The van der Waals surface area contributed by atoms with Crippen molar-refractivity contribution in [2.75, 3.05) is 26.0 Å². The first-order valence-corrected chi connectivity index (χ1v) is 14.8. The van der Waals surface area contributed by atoms with Gasteiger partial charge in [-0.25, -0.2) is 9.97 Å². The minimum absolute atomic E-state index is 0.143. The fourth-order valence-electron chi connectivity index (χ4n) is 4.84. The average molecular weight is 552 g/mol. The van der Waals surface area contributed by atoms with Crippen molar-refractivity contribution in [3.05, 3.63) is 113 Å². The number of rotatable bonds is 8. The molecule has 0 fully saturated rings. The van der Waals surface area contributed by atoms with Crippen LogP contribution >= 0.6 is 0 Å². The molecule has 1 atom stereocenters. The lowest BCUT2D eigenvalue weighted by Crippen LogP contribution is -2.30.